The van der Waals surface area contributed by atoms with Crippen molar-refractivity contribution in [2.45, 2.75) is 31.3 Å². The summed E-state index contributed by atoms with van der Waals surface area (Å²) in [6.07, 6.45) is 3.00. The largest absolute Gasteiger partial charge is 0.379 e. The molecule has 1 aliphatic heterocycles. The highest BCUT2D eigenvalue weighted by Gasteiger charge is 2.39. The Morgan fingerprint density at radius 2 is 1.92 bits per heavy atom. The molecule has 1 saturated carbocycles. The molecule has 130 valence electrons. The van der Waals surface area contributed by atoms with Crippen LogP contribution in [0.1, 0.15) is 30.7 Å². The van der Waals surface area contributed by atoms with Crippen LogP contribution in [0.15, 0.2) is 28.8 Å². The minimum Gasteiger partial charge on any atom is -0.379 e. The Bertz CT molecular complexity index is 681. The van der Waals surface area contributed by atoms with Crippen LogP contribution < -0.4 is 5.73 Å². The second-order valence-electron chi connectivity index (χ2n) is 6.48. The maximum Gasteiger partial charge on any atom is 0.258 e. The van der Waals surface area contributed by atoms with E-state index < -0.39 is 0 Å². The molecule has 2 heterocycles. The first-order valence-corrected chi connectivity index (χ1v) is 8.26. The molecule has 6 nitrogen and oxygen atoms in total. The average molecular weight is 351 g/mol. The summed E-state index contributed by atoms with van der Waals surface area (Å²) in [5, 5.41) is 4.13. The Kier molecular flexibility index (Phi) is 5.20. The summed E-state index contributed by atoms with van der Waals surface area (Å²) in [5.74, 6) is 1.21. The molecule has 0 spiro atoms. The van der Waals surface area contributed by atoms with Gasteiger partial charge in [-0.15, -0.1) is 12.4 Å². The van der Waals surface area contributed by atoms with Crippen LogP contribution in [0.5, 0.6) is 0 Å². The minimum absolute atomic E-state index is 0. The third kappa shape index (κ3) is 3.32. The smallest absolute Gasteiger partial charge is 0.258 e. The number of morpholine rings is 1. The number of halogens is 1. The molecule has 0 bridgehead atoms. The van der Waals surface area contributed by atoms with Gasteiger partial charge in [-0.1, -0.05) is 23.4 Å². The van der Waals surface area contributed by atoms with E-state index in [0.717, 1.165) is 57.7 Å². The highest BCUT2D eigenvalue weighted by Crippen LogP contribution is 2.38. The molecule has 7 heteroatoms. The maximum atomic E-state index is 6.30. The SMILES string of the molecule is Cl.NC1(c2noc(-c3ccccc3CN3CCOCC3)n2)CCC1. The number of ether oxygens (including phenoxy) is 1. The normalized spacial score (nSPS) is 20.2. The summed E-state index contributed by atoms with van der Waals surface area (Å²) in [7, 11) is 0. The van der Waals surface area contributed by atoms with Crippen molar-refractivity contribution in [1.29, 1.82) is 0 Å². The van der Waals surface area contributed by atoms with Crippen LogP contribution in [0.2, 0.25) is 0 Å². The quantitative estimate of drug-likeness (QED) is 0.911. The Balaban J connectivity index is 0.00000169. The summed E-state index contributed by atoms with van der Waals surface area (Å²) in [6, 6.07) is 8.21. The number of aromatic nitrogens is 2. The van der Waals surface area contributed by atoms with Crippen molar-refractivity contribution < 1.29 is 9.26 Å². The highest BCUT2D eigenvalue weighted by atomic mass is 35.5. The second kappa shape index (κ2) is 7.19. The van der Waals surface area contributed by atoms with Crippen LogP contribution in [0.3, 0.4) is 0 Å². The summed E-state index contributed by atoms with van der Waals surface area (Å²) in [4.78, 5) is 6.97. The summed E-state index contributed by atoms with van der Waals surface area (Å²) in [5.41, 5.74) is 8.11. The molecule has 1 aliphatic carbocycles. The van der Waals surface area contributed by atoms with E-state index >= 15 is 0 Å². The van der Waals surface area contributed by atoms with E-state index in [2.05, 4.69) is 21.1 Å². The molecule has 0 atom stereocenters. The fourth-order valence-corrected chi connectivity index (χ4v) is 3.18. The van der Waals surface area contributed by atoms with Crippen LogP contribution in [0.25, 0.3) is 11.5 Å². The third-order valence-corrected chi connectivity index (χ3v) is 4.86. The minimum atomic E-state index is -0.388. The second-order valence-corrected chi connectivity index (χ2v) is 6.48. The summed E-state index contributed by atoms with van der Waals surface area (Å²) in [6.45, 7) is 4.36. The van der Waals surface area contributed by atoms with E-state index in [9.17, 15) is 0 Å². The van der Waals surface area contributed by atoms with Gasteiger partial charge in [0.2, 0.25) is 0 Å². The monoisotopic (exact) mass is 350 g/mol. The Morgan fingerprint density at radius 3 is 2.62 bits per heavy atom. The zero-order valence-corrected chi connectivity index (χ0v) is 14.4. The van der Waals surface area contributed by atoms with Crippen molar-refractivity contribution in [3.63, 3.8) is 0 Å². The standard InChI is InChI=1S/C17H22N4O2.ClH/c18-17(6-3-7-17)16-19-15(23-20-16)14-5-2-1-4-13(14)12-21-8-10-22-11-9-21;/h1-2,4-5H,3,6-12,18H2;1H. The van der Waals surface area contributed by atoms with E-state index in [-0.39, 0.29) is 17.9 Å². The number of nitrogens with zero attached hydrogens (tertiary/aromatic N) is 3. The van der Waals surface area contributed by atoms with Gasteiger partial charge >= 0.3 is 0 Å². The topological polar surface area (TPSA) is 77.4 Å². The lowest BCUT2D eigenvalue weighted by atomic mass is 9.77. The van der Waals surface area contributed by atoms with Crippen molar-refractivity contribution in [3.05, 3.63) is 35.7 Å². The predicted octanol–water partition coefficient (Wildman–Crippen LogP) is 2.33. The molecule has 1 saturated heterocycles. The van der Waals surface area contributed by atoms with E-state index in [0.29, 0.717) is 11.7 Å². The molecule has 1 aromatic heterocycles. The van der Waals surface area contributed by atoms with Gasteiger partial charge < -0.3 is 15.0 Å². The van der Waals surface area contributed by atoms with Gasteiger partial charge in [0.25, 0.3) is 5.89 Å². The Labute approximate surface area is 147 Å². The first-order valence-electron chi connectivity index (χ1n) is 8.26. The van der Waals surface area contributed by atoms with E-state index in [1.807, 2.05) is 18.2 Å². The van der Waals surface area contributed by atoms with Crippen LogP contribution in [0.4, 0.5) is 0 Å². The van der Waals surface area contributed by atoms with Gasteiger partial charge in [0, 0.05) is 25.2 Å². The summed E-state index contributed by atoms with van der Waals surface area (Å²) < 4.78 is 10.9. The molecule has 2 aromatic rings. The van der Waals surface area contributed by atoms with Crippen LogP contribution in [-0.2, 0) is 16.8 Å². The zero-order valence-electron chi connectivity index (χ0n) is 13.6. The molecule has 24 heavy (non-hydrogen) atoms. The molecular weight excluding hydrogens is 328 g/mol. The number of benzene rings is 1. The Hall–Kier alpha value is -1.47. The Morgan fingerprint density at radius 1 is 1.17 bits per heavy atom. The first kappa shape index (κ1) is 17.4. The number of hydrogen-bond donors (Lipinski definition) is 1. The molecule has 2 N–H and O–H groups in total. The van der Waals surface area contributed by atoms with Gasteiger partial charge in [-0.05, 0) is 30.9 Å². The van der Waals surface area contributed by atoms with Gasteiger partial charge in [0.15, 0.2) is 5.82 Å². The lowest BCUT2D eigenvalue weighted by Crippen LogP contribution is -2.44. The van der Waals surface area contributed by atoms with Gasteiger partial charge in [0.1, 0.15) is 0 Å². The van der Waals surface area contributed by atoms with Crippen LogP contribution >= 0.6 is 12.4 Å². The maximum absolute atomic E-state index is 6.30. The molecule has 1 aromatic carbocycles. The van der Waals surface area contributed by atoms with Gasteiger partial charge in [0.05, 0.1) is 18.8 Å². The van der Waals surface area contributed by atoms with Gasteiger partial charge in [-0.25, -0.2) is 0 Å². The van der Waals surface area contributed by atoms with Gasteiger partial charge in [-0.2, -0.15) is 4.98 Å². The molecule has 4 rings (SSSR count). The molecule has 2 aliphatic rings. The predicted molar refractivity (Wildman–Crippen MR) is 92.8 cm³/mol. The summed E-state index contributed by atoms with van der Waals surface area (Å²) >= 11 is 0. The van der Waals surface area contributed by atoms with Crippen molar-refractivity contribution in [2.24, 2.45) is 5.73 Å². The van der Waals surface area contributed by atoms with Crippen LogP contribution in [-0.4, -0.2) is 41.3 Å². The van der Waals surface area contributed by atoms with E-state index in [4.69, 9.17) is 15.0 Å². The number of nitrogens with two attached hydrogens (primary N) is 1. The van der Waals surface area contributed by atoms with E-state index in [1.54, 1.807) is 0 Å². The molecule has 2 fully saturated rings. The molecule has 0 amide bonds. The van der Waals surface area contributed by atoms with Crippen molar-refractivity contribution >= 4 is 12.4 Å². The lowest BCUT2D eigenvalue weighted by Gasteiger charge is -2.34. The van der Waals surface area contributed by atoms with E-state index in [1.165, 1.54) is 5.56 Å². The van der Waals surface area contributed by atoms with Crippen molar-refractivity contribution in [1.82, 2.24) is 15.0 Å². The highest BCUT2D eigenvalue weighted by molar-refractivity contribution is 5.85. The molecular formula is C17H23ClN4O2. The molecule has 0 radical (unpaired) electrons. The third-order valence-electron chi connectivity index (χ3n) is 4.86. The average Bonchev–Trinajstić information content (AvgIpc) is 3.04. The van der Waals surface area contributed by atoms with Gasteiger partial charge in [-0.3, -0.25) is 4.90 Å². The fraction of sp³-hybridized carbons (Fsp3) is 0.529. The zero-order chi connectivity index (χ0) is 15.7. The molecule has 0 unspecified atom stereocenters. The number of rotatable bonds is 4. The van der Waals surface area contributed by atoms with Crippen molar-refractivity contribution in [2.75, 3.05) is 26.3 Å². The fourth-order valence-electron chi connectivity index (χ4n) is 3.18. The number of hydrogen-bond acceptors (Lipinski definition) is 6. The van der Waals surface area contributed by atoms with Crippen LogP contribution in [0, 0.1) is 0 Å². The lowest BCUT2D eigenvalue weighted by molar-refractivity contribution is 0.0342. The van der Waals surface area contributed by atoms with Crippen molar-refractivity contribution in [3.8, 4) is 11.5 Å². The first-order chi connectivity index (χ1) is 11.2.